The fraction of sp³-hybridized carbons (Fsp3) is 0.519. The molecule has 3 aliphatic rings. The van der Waals surface area contributed by atoms with Crippen LogP contribution < -0.4 is 9.47 Å². The molecule has 0 unspecified atom stereocenters. The molecular formula is C27H32O4. The molecule has 0 bridgehead atoms. The van der Waals surface area contributed by atoms with Gasteiger partial charge in [-0.2, -0.15) is 0 Å². The van der Waals surface area contributed by atoms with Gasteiger partial charge in [0.2, 0.25) is 6.79 Å². The number of carbonyl (C=O) groups is 1. The SMILES string of the molecule is Cc1c(C)c(C)c([C@@H]2c3c(C)c4c(c(C)c3[C@@H](C)[C@H]3COC(=O)[C@H]23)OCO4)c(C)c1C. The maximum Gasteiger partial charge on any atom is 0.310 e. The zero-order valence-corrected chi connectivity index (χ0v) is 19.9. The van der Waals surface area contributed by atoms with Gasteiger partial charge in [0, 0.05) is 11.8 Å². The second-order valence-corrected chi connectivity index (χ2v) is 9.77. The summed E-state index contributed by atoms with van der Waals surface area (Å²) in [6, 6.07) is 0. The lowest BCUT2D eigenvalue weighted by Crippen LogP contribution is -2.35. The van der Waals surface area contributed by atoms with Crippen molar-refractivity contribution < 1.29 is 19.0 Å². The van der Waals surface area contributed by atoms with Gasteiger partial charge in [-0.1, -0.05) is 6.92 Å². The monoisotopic (exact) mass is 420 g/mol. The summed E-state index contributed by atoms with van der Waals surface area (Å²) in [6.45, 7) is 18.3. The number of fused-ring (bicyclic) bond motifs is 3. The van der Waals surface area contributed by atoms with E-state index in [9.17, 15) is 4.79 Å². The predicted molar refractivity (Wildman–Crippen MR) is 120 cm³/mol. The molecule has 0 saturated carbocycles. The van der Waals surface area contributed by atoms with Crippen LogP contribution in [0.4, 0.5) is 0 Å². The molecule has 4 heteroatoms. The van der Waals surface area contributed by atoms with E-state index in [1.54, 1.807) is 0 Å². The van der Waals surface area contributed by atoms with E-state index in [-0.39, 0.29) is 36.4 Å². The standard InChI is InChI=1S/C27H32O4/c1-11-12(2)14(4)20(15(5)13(11)3)24-22-18(8)26-25(30-10-31-26)17(7)21(22)16(6)19-9-29-27(28)23(19)24/h16,19,23-24H,9-10H2,1-8H3/t16-,19+,23-,24+/m0/s1. The van der Waals surface area contributed by atoms with Crippen molar-refractivity contribution in [3.63, 3.8) is 0 Å². The summed E-state index contributed by atoms with van der Waals surface area (Å²) in [7, 11) is 0. The fourth-order valence-electron chi connectivity index (χ4n) is 6.58. The number of esters is 1. The summed E-state index contributed by atoms with van der Waals surface area (Å²) in [6.07, 6.45) is 0. The van der Waals surface area contributed by atoms with Gasteiger partial charge < -0.3 is 14.2 Å². The Hall–Kier alpha value is -2.49. The summed E-state index contributed by atoms with van der Waals surface area (Å²) in [5.74, 6) is 1.85. The van der Waals surface area contributed by atoms with Gasteiger partial charge >= 0.3 is 5.97 Å². The normalized spacial score (nSPS) is 26.0. The van der Waals surface area contributed by atoms with E-state index in [4.69, 9.17) is 14.2 Å². The summed E-state index contributed by atoms with van der Waals surface area (Å²) < 4.78 is 17.5. The Bertz CT molecular complexity index is 1110. The number of rotatable bonds is 1. The molecule has 0 aromatic heterocycles. The number of ether oxygens (including phenoxy) is 3. The molecule has 1 saturated heterocycles. The third-order valence-electron chi connectivity index (χ3n) is 8.68. The third kappa shape index (κ3) is 2.51. The number of carbonyl (C=O) groups excluding carboxylic acids is 1. The van der Waals surface area contributed by atoms with Crippen molar-refractivity contribution in [3.05, 3.63) is 55.6 Å². The molecule has 1 aliphatic carbocycles. The van der Waals surface area contributed by atoms with Gasteiger partial charge in [-0.3, -0.25) is 4.79 Å². The van der Waals surface area contributed by atoms with Gasteiger partial charge in [-0.15, -0.1) is 0 Å². The van der Waals surface area contributed by atoms with E-state index in [1.165, 1.54) is 44.5 Å². The minimum atomic E-state index is -0.167. The minimum absolute atomic E-state index is 0.0302. The second kappa shape index (κ2) is 6.75. The van der Waals surface area contributed by atoms with E-state index in [2.05, 4.69) is 55.4 Å². The molecule has 2 heterocycles. The highest BCUT2D eigenvalue weighted by atomic mass is 16.7. The van der Waals surface area contributed by atoms with Crippen molar-refractivity contribution in [1.29, 1.82) is 0 Å². The van der Waals surface area contributed by atoms with Gasteiger partial charge in [-0.25, -0.2) is 0 Å². The van der Waals surface area contributed by atoms with Crippen molar-refractivity contribution in [3.8, 4) is 11.5 Å². The van der Waals surface area contributed by atoms with Crippen molar-refractivity contribution in [2.45, 2.75) is 67.2 Å². The van der Waals surface area contributed by atoms with Crippen LogP contribution in [0.5, 0.6) is 11.5 Å². The molecule has 0 spiro atoms. The molecule has 5 rings (SSSR count). The summed E-state index contributed by atoms with van der Waals surface area (Å²) in [5.41, 5.74) is 12.7. The third-order valence-corrected chi connectivity index (χ3v) is 8.68. The summed E-state index contributed by atoms with van der Waals surface area (Å²) in [5, 5.41) is 0. The van der Waals surface area contributed by atoms with Crippen LogP contribution in [0.15, 0.2) is 0 Å². The maximum absolute atomic E-state index is 13.2. The molecule has 31 heavy (non-hydrogen) atoms. The molecule has 0 radical (unpaired) electrons. The molecule has 0 N–H and O–H groups in total. The average Bonchev–Trinajstić information content (AvgIpc) is 3.38. The van der Waals surface area contributed by atoms with Crippen LogP contribution in [0.25, 0.3) is 0 Å². The van der Waals surface area contributed by atoms with Gasteiger partial charge in [0.25, 0.3) is 0 Å². The highest BCUT2D eigenvalue weighted by Gasteiger charge is 2.53. The Morgan fingerprint density at radius 3 is 1.74 bits per heavy atom. The van der Waals surface area contributed by atoms with Gasteiger partial charge in [0.15, 0.2) is 11.5 Å². The minimum Gasteiger partial charge on any atom is -0.465 e. The molecular weight excluding hydrogens is 388 g/mol. The molecule has 1 fully saturated rings. The first-order valence-corrected chi connectivity index (χ1v) is 11.3. The van der Waals surface area contributed by atoms with Crippen LogP contribution in [-0.4, -0.2) is 19.4 Å². The van der Waals surface area contributed by atoms with Gasteiger partial charge in [-0.05, 0) is 110 Å². The number of hydrogen-bond donors (Lipinski definition) is 0. The summed E-state index contributed by atoms with van der Waals surface area (Å²) >= 11 is 0. The van der Waals surface area contributed by atoms with Crippen molar-refractivity contribution >= 4 is 5.97 Å². The molecule has 164 valence electrons. The maximum atomic E-state index is 13.2. The molecule has 2 aromatic carbocycles. The molecule has 4 nitrogen and oxygen atoms in total. The average molecular weight is 421 g/mol. The molecule has 2 aliphatic heterocycles. The quantitative estimate of drug-likeness (QED) is 0.562. The Balaban J connectivity index is 1.90. The topological polar surface area (TPSA) is 44.8 Å². The van der Waals surface area contributed by atoms with Gasteiger partial charge in [0.05, 0.1) is 12.5 Å². The first kappa shape index (κ1) is 20.4. The van der Waals surface area contributed by atoms with Crippen LogP contribution in [0.2, 0.25) is 0 Å². The predicted octanol–water partition coefficient (Wildman–Crippen LogP) is 5.61. The first-order chi connectivity index (χ1) is 14.7. The van der Waals surface area contributed by atoms with Crippen molar-refractivity contribution in [2.24, 2.45) is 11.8 Å². The lowest BCUT2D eigenvalue weighted by Gasteiger charge is -2.41. The lowest BCUT2D eigenvalue weighted by molar-refractivity contribution is -0.141. The van der Waals surface area contributed by atoms with Crippen LogP contribution >= 0.6 is 0 Å². The first-order valence-electron chi connectivity index (χ1n) is 11.3. The zero-order chi connectivity index (χ0) is 22.4. The van der Waals surface area contributed by atoms with Crippen molar-refractivity contribution in [2.75, 3.05) is 13.4 Å². The van der Waals surface area contributed by atoms with E-state index in [0.29, 0.717) is 6.61 Å². The van der Waals surface area contributed by atoms with E-state index in [1.807, 2.05) is 0 Å². The largest absolute Gasteiger partial charge is 0.465 e. The van der Waals surface area contributed by atoms with Crippen LogP contribution in [0.3, 0.4) is 0 Å². The van der Waals surface area contributed by atoms with E-state index >= 15 is 0 Å². The number of hydrogen-bond acceptors (Lipinski definition) is 4. The highest BCUT2D eigenvalue weighted by Crippen LogP contribution is 2.58. The second-order valence-electron chi connectivity index (χ2n) is 9.77. The molecule has 4 atom stereocenters. The molecule has 2 aromatic rings. The lowest BCUT2D eigenvalue weighted by atomic mass is 9.60. The highest BCUT2D eigenvalue weighted by molar-refractivity contribution is 5.80. The number of cyclic esters (lactones) is 1. The van der Waals surface area contributed by atoms with E-state index in [0.717, 1.165) is 22.6 Å². The summed E-state index contributed by atoms with van der Waals surface area (Å²) in [4.78, 5) is 13.2. The Kier molecular flexibility index (Phi) is 4.45. The van der Waals surface area contributed by atoms with Crippen LogP contribution in [0.1, 0.15) is 74.4 Å². The Morgan fingerprint density at radius 2 is 1.16 bits per heavy atom. The smallest absolute Gasteiger partial charge is 0.310 e. The Labute approximate surface area is 184 Å². The van der Waals surface area contributed by atoms with Crippen LogP contribution in [-0.2, 0) is 9.53 Å². The molecule has 0 amide bonds. The fourth-order valence-corrected chi connectivity index (χ4v) is 6.58. The van der Waals surface area contributed by atoms with E-state index < -0.39 is 0 Å². The van der Waals surface area contributed by atoms with Crippen molar-refractivity contribution in [1.82, 2.24) is 0 Å². The number of benzene rings is 2. The zero-order valence-electron chi connectivity index (χ0n) is 19.9. The van der Waals surface area contributed by atoms with Crippen LogP contribution in [0, 0.1) is 60.3 Å². The Morgan fingerprint density at radius 1 is 0.645 bits per heavy atom. The van der Waals surface area contributed by atoms with Gasteiger partial charge in [0.1, 0.15) is 0 Å².